The number of carbonyl (C=O) groups excluding carboxylic acids is 1. The number of benzene rings is 6. The van der Waals surface area contributed by atoms with Crippen LogP contribution < -0.4 is 0 Å². The molecule has 0 N–H and O–H groups in total. The van der Waals surface area contributed by atoms with Gasteiger partial charge >= 0.3 is 0 Å². The molecule has 0 fully saturated rings. The topological polar surface area (TPSA) is 65.6 Å². The van der Waals surface area contributed by atoms with Crippen LogP contribution in [0.25, 0.3) is 99.2 Å². The van der Waals surface area contributed by atoms with Crippen LogP contribution in [-0.4, -0.2) is 29.9 Å². The summed E-state index contributed by atoms with van der Waals surface area (Å²) in [7, 11) is 0. The Morgan fingerprint density at radius 1 is 0.407 bits per heavy atom. The molecule has 0 bridgehead atoms. The number of rotatable bonds is 3. The molecule has 0 unspecified atom stereocenters. The molecule has 6 heteroatoms. The summed E-state index contributed by atoms with van der Waals surface area (Å²) in [6, 6.07) is 53.4. The van der Waals surface area contributed by atoms with Gasteiger partial charge in [0.1, 0.15) is 11.4 Å². The smallest absolute Gasteiger partial charge is 0.214 e. The van der Waals surface area contributed by atoms with Gasteiger partial charge in [0.15, 0.2) is 0 Å². The molecule has 250 valence electrons. The Morgan fingerprint density at radius 3 is 1.76 bits per heavy atom. The van der Waals surface area contributed by atoms with Crippen LogP contribution in [0.4, 0.5) is 0 Å². The first-order valence-electron chi connectivity index (χ1n) is 18.1. The van der Waals surface area contributed by atoms with Crippen LogP contribution in [0.15, 0.2) is 164 Å². The predicted octanol–water partition coefficient (Wildman–Crippen LogP) is 11.3. The third-order valence-electron chi connectivity index (χ3n) is 11.1. The quantitative estimate of drug-likeness (QED) is 0.173. The molecule has 11 aromatic rings. The lowest BCUT2D eigenvalue weighted by molar-refractivity contribution is 0.103. The highest BCUT2D eigenvalue weighted by molar-refractivity contribution is 6.27. The first kappa shape index (κ1) is 29.2. The van der Waals surface area contributed by atoms with Crippen molar-refractivity contribution in [2.45, 2.75) is 0 Å². The average Bonchev–Trinajstić information content (AvgIpc) is 3.75. The second kappa shape index (κ2) is 10.8. The van der Waals surface area contributed by atoms with Crippen LogP contribution >= 0.6 is 0 Å². The molecule has 0 spiro atoms. The number of hydrogen-bond donors (Lipinski definition) is 0. The Kier molecular flexibility index (Phi) is 5.83. The zero-order chi connectivity index (χ0) is 35.5. The summed E-state index contributed by atoms with van der Waals surface area (Å²) in [5.74, 6) is -0.117. The number of nitrogens with zero attached hydrogens (tertiary/aromatic N) is 5. The summed E-state index contributed by atoms with van der Waals surface area (Å²) in [6.07, 6.45) is 3.52. The van der Waals surface area contributed by atoms with Crippen molar-refractivity contribution in [3.05, 3.63) is 175 Å². The molecular formula is C48H27N5O. The summed E-state index contributed by atoms with van der Waals surface area (Å²) >= 11 is 0. The predicted molar refractivity (Wildman–Crippen MR) is 218 cm³/mol. The molecule has 6 aromatic carbocycles. The van der Waals surface area contributed by atoms with Gasteiger partial charge in [-0.15, -0.1) is 0 Å². The Balaban J connectivity index is 1.05. The van der Waals surface area contributed by atoms with Crippen molar-refractivity contribution < 1.29 is 4.79 Å². The highest BCUT2D eigenvalue weighted by atomic mass is 16.1. The van der Waals surface area contributed by atoms with E-state index in [2.05, 4.69) is 142 Å². The van der Waals surface area contributed by atoms with E-state index in [9.17, 15) is 4.79 Å². The van der Waals surface area contributed by atoms with Crippen molar-refractivity contribution in [3.8, 4) is 33.9 Å². The molecule has 0 saturated heterocycles. The van der Waals surface area contributed by atoms with E-state index in [1.807, 2.05) is 12.1 Å². The molecule has 0 amide bonds. The summed E-state index contributed by atoms with van der Waals surface area (Å²) in [6.45, 7) is 0. The van der Waals surface area contributed by atoms with Crippen LogP contribution in [-0.2, 0) is 0 Å². The van der Waals surface area contributed by atoms with Crippen molar-refractivity contribution in [1.82, 2.24) is 24.1 Å². The van der Waals surface area contributed by atoms with Crippen molar-refractivity contribution in [1.29, 1.82) is 0 Å². The first-order valence-corrected chi connectivity index (χ1v) is 18.1. The van der Waals surface area contributed by atoms with Gasteiger partial charge in [0.2, 0.25) is 5.78 Å². The van der Waals surface area contributed by atoms with Gasteiger partial charge in [-0.1, -0.05) is 66.7 Å². The van der Waals surface area contributed by atoms with Gasteiger partial charge in [-0.05, 0) is 101 Å². The number of aromatic nitrogens is 5. The summed E-state index contributed by atoms with van der Waals surface area (Å²) in [5.41, 5.74) is 12.2. The number of para-hydroxylation sites is 3. The van der Waals surface area contributed by atoms with E-state index in [0.717, 1.165) is 49.6 Å². The standard InChI is InChI=1S/C48H27N5O/c54-48-35-13-8-23-49-45(35)46-44-34(22-24-50-46)36-27-31(18-19-39(36)51-47(44)48)53-41-15-7-5-12-33(41)38-26-29(17-21-43(38)53)28-16-20-42-37(25-28)32-11-4-6-14-40(32)52(42)30-9-2-1-3-10-30/h1-27H. The maximum atomic E-state index is 13.7. The largest absolute Gasteiger partial charge is 0.309 e. The Bertz CT molecular complexity index is 3410. The number of ketones is 1. The van der Waals surface area contributed by atoms with Crippen LogP contribution in [0.3, 0.4) is 0 Å². The normalized spacial score (nSPS) is 12.5. The molecule has 0 aliphatic heterocycles. The number of carbonyl (C=O) groups is 1. The molecular weight excluding hydrogens is 663 g/mol. The van der Waals surface area contributed by atoms with Gasteiger partial charge < -0.3 is 9.13 Å². The Hall–Kier alpha value is -7.44. The highest BCUT2D eigenvalue weighted by Gasteiger charge is 2.29. The maximum absolute atomic E-state index is 13.7. The SMILES string of the molecule is O=C1c2cccnc2-c2nccc3c2c1nc1ccc(-n2c4ccccc4c4cc(-c5ccc6c(c5)c5ccccc5n6-c5ccccc5)ccc42)cc13. The van der Waals surface area contributed by atoms with Crippen molar-refractivity contribution in [2.75, 3.05) is 0 Å². The molecule has 5 heterocycles. The fraction of sp³-hybridized carbons (Fsp3) is 0. The first-order chi connectivity index (χ1) is 26.7. The minimum absolute atomic E-state index is 0.117. The minimum atomic E-state index is -0.117. The van der Waals surface area contributed by atoms with Gasteiger partial charge in [-0.25, -0.2) is 4.98 Å². The third kappa shape index (κ3) is 3.94. The van der Waals surface area contributed by atoms with Crippen LogP contribution in [0, 0.1) is 0 Å². The molecule has 0 saturated carbocycles. The molecule has 54 heavy (non-hydrogen) atoms. The van der Waals surface area contributed by atoms with Gasteiger partial charge in [-0.3, -0.25) is 14.8 Å². The van der Waals surface area contributed by atoms with E-state index in [4.69, 9.17) is 9.97 Å². The zero-order valence-electron chi connectivity index (χ0n) is 28.7. The van der Waals surface area contributed by atoms with Crippen molar-refractivity contribution >= 4 is 71.1 Å². The van der Waals surface area contributed by atoms with Crippen molar-refractivity contribution in [2.24, 2.45) is 0 Å². The van der Waals surface area contributed by atoms with Crippen molar-refractivity contribution in [3.63, 3.8) is 0 Å². The Labute approximate surface area is 308 Å². The maximum Gasteiger partial charge on any atom is 0.214 e. The fourth-order valence-electron chi connectivity index (χ4n) is 8.77. The number of hydrogen-bond acceptors (Lipinski definition) is 4. The van der Waals surface area contributed by atoms with Crippen LogP contribution in [0.2, 0.25) is 0 Å². The van der Waals surface area contributed by atoms with E-state index in [-0.39, 0.29) is 5.78 Å². The summed E-state index contributed by atoms with van der Waals surface area (Å²) in [4.78, 5) is 27.8. The fourth-order valence-corrected chi connectivity index (χ4v) is 8.77. The third-order valence-corrected chi connectivity index (χ3v) is 11.1. The van der Waals surface area contributed by atoms with Gasteiger partial charge in [-0.2, -0.15) is 0 Å². The second-order valence-corrected chi connectivity index (χ2v) is 14.0. The van der Waals surface area contributed by atoms with E-state index in [1.54, 1.807) is 24.5 Å². The minimum Gasteiger partial charge on any atom is -0.309 e. The monoisotopic (exact) mass is 689 g/mol. The zero-order valence-corrected chi connectivity index (χ0v) is 28.7. The van der Waals surface area contributed by atoms with E-state index < -0.39 is 0 Å². The molecule has 5 aromatic heterocycles. The van der Waals surface area contributed by atoms with E-state index >= 15 is 0 Å². The highest BCUT2D eigenvalue weighted by Crippen LogP contribution is 2.41. The molecule has 0 radical (unpaired) electrons. The number of pyridine rings is 3. The lowest BCUT2D eigenvalue weighted by Crippen LogP contribution is -2.14. The lowest BCUT2D eigenvalue weighted by atomic mass is 9.90. The molecule has 12 rings (SSSR count). The molecule has 0 atom stereocenters. The molecule has 6 nitrogen and oxygen atoms in total. The average molecular weight is 690 g/mol. The van der Waals surface area contributed by atoms with Crippen LogP contribution in [0.1, 0.15) is 16.1 Å². The molecule has 1 aliphatic carbocycles. The Morgan fingerprint density at radius 2 is 1.04 bits per heavy atom. The summed E-state index contributed by atoms with van der Waals surface area (Å²) < 4.78 is 4.69. The van der Waals surface area contributed by atoms with Crippen LogP contribution in [0.5, 0.6) is 0 Å². The number of fused-ring (bicyclic) bond motifs is 10. The molecule has 1 aliphatic rings. The van der Waals surface area contributed by atoms with Gasteiger partial charge in [0.25, 0.3) is 0 Å². The van der Waals surface area contributed by atoms with E-state index in [0.29, 0.717) is 22.6 Å². The van der Waals surface area contributed by atoms with E-state index in [1.165, 1.54) is 38.1 Å². The summed E-state index contributed by atoms with van der Waals surface area (Å²) in [5, 5.41) is 7.50. The lowest BCUT2D eigenvalue weighted by Gasteiger charge is -2.18. The van der Waals surface area contributed by atoms with Gasteiger partial charge in [0.05, 0.1) is 38.8 Å². The second-order valence-electron chi connectivity index (χ2n) is 14.0. The van der Waals surface area contributed by atoms with Gasteiger partial charge in [0, 0.05) is 56.1 Å².